The molecule has 0 aliphatic carbocycles. The summed E-state index contributed by atoms with van der Waals surface area (Å²) in [6, 6.07) is -0.381. The summed E-state index contributed by atoms with van der Waals surface area (Å²) >= 11 is 0. The third-order valence-corrected chi connectivity index (χ3v) is 2.47. The minimum absolute atomic E-state index is 0.0424. The van der Waals surface area contributed by atoms with Crippen molar-refractivity contribution in [1.82, 2.24) is 5.32 Å². The van der Waals surface area contributed by atoms with Gasteiger partial charge in [-0.1, -0.05) is 13.8 Å². The van der Waals surface area contributed by atoms with E-state index in [0.29, 0.717) is 13.0 Å². The van der Waals surface area contributed by atoms with Gasteiger partial charge in [0.25, 0.3) is 0 Å². The van der Waals surface area contributed by atoms with Crippen molar-refractivity contribution in [3.63, 3.8) is 0 Å². The Labute approximate surface area is 91.1 Å². The van der Waals surface area contributed by atoms with Crippen LogP contribution < -0.4 is 16.8 Å². The monoisotopic (exact) mass is 214 g/mol. The van der Waals surface area contributed by atoms with Gasteiger partial charge in [0.1, 0.15) is 0 Å². The van der Waals surface area contributed by atoms with E-state index >= 15 is 0 Å². The Balaban J connectivity index is 3.69. The van der Waals surface area contributed by atoms with Crippen LogP contribution in [0.5, 0.6) is 0 Å². The normalized spacial score (nSPS) is 14.3. The summed E-state index contributed by atoms with van der Waals surface area (Å²) in [5.41, 5.74) is 10.9. The highest BCUT2D eigenvalue weighted by Gasteiger charge is 2.18. The molecule has 0 bridgehead atoms. The second kappa shape index (κ2) is 7.23. The minimum atomic E-state index is -0.381. The van der Waals surface area contributed by atoms with Gasteiger partial charge in [-0.15, -0.1) is 0 Å². The van der Waals surface area contributed by atoms with Gasteiger partial charge in [0, 0.05) is 12.5 Å². The number of rotatable bonds is 7. The molecule has 0 aromatic carbocycles. The topological polar surface area (TPSA) is 105 Å². The van der Waals surface area contributed by atoms with E-state index in [1.807, 2.05) is 13.8 Å². The predicted molar refractivity (Wildman–Crippen MR) is 61.6 cm³/mol. The number of nitrogens with two attached hydrogens (primary N) is 2. The number of carbonyl (C=O) groups excluding carboxylic acids is 1. The summed E-state index contributed by atoms with van der Waals surface area (Å²) in [7, 11) is 0. The Morgan fingerprint density at radius 3 is 2.60 bits per heavy atom. The Hall–Kier alpha value is -1.10. The summed E-state index contributed by atoms with van der Waals surface area (Å²) in [4.78, 5) is 11.6. The molecule has 0 aromatic rings. The molecule has 0 spiro atoms. The minimum Gasteiger partial charge on any atom is -0.370 e. The SMILES string of the molecule is CCC(C)C(=O)[C@@H](N)CCCNC(=N)N. The lowest BCUT2D eigenvalue weighted by Gasteiger charge is -2.14. The Bertz CT molecular complexity index is 217. The van der Waals surface area contributed by atoms with Crippen molar-refractivity contribution in [2.75, 3.05) is 6.54 Å². The molecular formula is C10H22N4O. The van der Waals surface area contributed by atoms with Crippen LogP contribution in [-0.4, -0.2) is 24.3 Å². The van der Waals surface area contributed by atoms with Crippen molar-refractivity contribution in [3.8, 4) is 0 Å². The fourth-order valence-corrected chi connectivity index (χ4v) is 1.25. The molecule has 0 aromatic heterocycles. The van der Waals surface area contributed by atoms with Gasteiger partial charge in [-0.05, 0) is 19.3 Å². The third kappa shape index (κ3) is 6.06. The zero-order valence-corrected chi connectivity index (χ0v) is 9.55. The molecule has 0 heterocycles. The molecular weight excluding hydrogens is 192 g/mol. The number of carbonyl (C=O) groups is 1. The summed E-state index contributed by atoms with van der Waals surface area (Å²) in [5.74, 6) is 0.123. The van der Waals surface area contributed by atoms with E-state index in [4.69, 9.17) is 16.9 Å². The largest absolute Gasteiger partial charge is 0.370 e. The van der Waals surface area contributed by atoms with Crippen molar-refractivity contribution in [2.24, 2.45) is 17.4 Å². The molecule has 0 saturated heterocycles. The summed E-state index contributed by atoms with van der Waals surface area (Å²) in [6.07, 6.45) is 2.23. The van der Waals surface area contributed by atoms with Gasteiger partial charge in [-0.25, -0.2) is 0 Å². The molecule has 6 N–H and O–H groups in total. The molecule has 2 atom stereocenters. The van der Waals surface area contributed by atoms with Crippen molar-refractivity contribution < 1.29 is 4.79 Å². The quantitative estimate of drug-likeness (QED) is 0.276. The molecule has 0 rings (SSSR count). The first kappa shape index (κ1) is 13.9. The second-order valence-corrected chi connectivity index (χ2v) is 3.80. The molecule has 0 saturated carbocycles. The molecule has 15 heavy (non-hydrogen) atoms. The smallest absolute Gasteiger partial charge is 0.185 e. The van der Waals surface area contributed by atoms with Crippen LogP contribution in [0.2, 0.25) is 0 Å². The van der Waals surface area contributed by atoms with Crippen LogP contribution in [-0.2, 0) is 4.79 Å². The van der Waals surface area contributed by atoms with Crippen LogP contribution in [0.4, 0.5) is 0 Å². The standard InChI is InChI=1S/C10H22N4O/c1-3-7(2)9(15)8(11)5-4-6-14-10(12)13/h7-8H,3-6,11H2,1-2H3,(H4,12,13,14)/t7?,8-/m0/s1. The molecule has 1 unspecified atom stereocenters. The van der Waals surface area contributed by atoms with Crippen LogP contribution in [0.25, 0.3) is 0 Å². The molecule has 0 aliphatic heterocycles. The highest BCUT2D eigenvalue weighted by molar-refractivity contribution is 5.85. The highest BCUT2D eigenvalue weighted by Crippen LogP contribution is 2.07. The number of nitrogens with one attached hydrogen (secondary N) is 2. The second-order valence-electron chi connectivity index (χ2n) is 3.80. The molecule has 0 amide bonds. The van der Waals surface area contributed by atoms with Crippen LogP contribution in [0, 0.1) is 11.3 Å². The number of ketones is 1. The fraction of sp³-hybridized carbons (Fsp3) is 0.800. The van der Waals surface area contributed by atoms with E-state index in [0.717, 1.165) is 12.8 Å². The van der Waals surface area contributed by atoms with E-state index in [2.05, 4.69) is 5.32 Å². The molecule has 0 aliphatic rings. The fourth-order valence-electron chi connectivity index (χ4n) is 1.25. The molecule has 0 fully saturated rings. The van der Waals surface area contributed by atoms with Crippen molar-refractivity contribution in [1.29, 1.82) is 5.41 Å². The lowest BCUT2D eigenvalue weighted by molar-refractivity contribution is -0.123. The van der Waals surface area contributed by atoms with Crippen molar-refractivity contribution in [3.05, 3.63) is 0 Å². The lowest BCUT2D eigenvalue weighted by atomic mass is 9.95. The average molecular weight is 214 g/mol. The van der Waals surface area contributed by atoms with Gasteiger partial charge < -0.3 is 16.8 Å². The summed E-state index contributed by atoms with van der Waals surface area (Å²) in [6.45, 7) is 4.47. The maximum absolute atomic E-state index is 11.6. The Kier molecular flexibility index (Phi) is 6.70. The van der Waals surface area contributed by atoms with Crippen molar-refractivity contribution in [2.45, 2.75) is 39.2 Å². The van der Waals surface area contributed by atoms with Crippen LogP contribution in [0.3, 0.4) is 0 Å². The molecule has 0 radical (unpaired) electrons. The van der Waals surface area contributed by atoms with Crippen LogP contribution >= 0.6 is 0 Å². The van der Waals surface area contributed by atoms with E-state index in [9.17, 15) is 4.79 Å². The lowest BCUT2D eigenvalue weighted by Crippen LogP contribution is -2.36. The summed E-state index contributed by atoms with van der Waals surface area (Å²) < 4.78 is 0. The number of hydrogen-bond donors (Lipinski definition) is 4. The van der Waals surface area contributed by atoms with Gasteiger partial charge >= 0.3 is 0 Å². The van der Waals surface area contributed by atoms with E-state index in [1.165, 1.54) is 0 Å². The third-order valence-electron chi connectivity index (χ3n) is 2.47. The molecule has 5 nitrogen and oxygen atoms in total. The zero-order chi connectivity index (χ0) is 11.8. The van der Waals surface area contributed by atoms with Gasteiger partial charge in [0.15, 0.2) is 11.7 Å². The Morgan fingerprint density at radius 2 is 2.13 bits per heavy atom. The number of guanidine groups is 1. The van der Waals surface area contributed by atoms with Gasteiger partial charge in [0.05, 0.1) is 6.04 Å². The van der Waals surface area contributed by atoms with E-state index in [-0.39, 0.29) is 23.7 Å². The average Bonchev–Trinajstić information content (AvgIpc) is 2.21. The molecule has 5 heteroatoms. The number of hydrogen-bond acceptors (Lipinski definition) is 3. The first-order valence-electron chi connectivity index (χ1n) is 5.36. The predicted octanol–water partition coefficient (Wildman–Crippen LogP) is 0.192. The zero-order valence-electron chi connectivity index (χ0n) is 9.55. The van der Waals surface area contributed by atoms with Gasteiger partial charge in [-0.3, -0.25) is 10.2 Å². The van der Waals surface area contributed by atoms with Crippen molar-refractivity contribution >= 4 is 11.7 Å². The van der Waals surface area contributed by atoms with Crippen LogP contribution in [0.15, 0.2) is 0 Å². The first-order valence-corrected chi connectivity index (χ1v) is 5.36. The molecule has 88 valence electrons. The van der Waals surface area contributed by atoms with Gasteiger partial charge in [-0.2, -0.15) is 0 Å². The maximum Gasteiger partial charge on any atom is 0.185 e. The Morgan fingerprint density at radius 1 is 1.53 bits per heavy atom. The van der Waals surface area contributed by atoms with Crippen LogP contribution in [0.1, 0.15) is 33.1 Å². The maximum atomic E-state index is 11.6. The number of Topliss-reactive ketones (excluding diaryl/α,β-unsaturated/α-hetero) is 1. The first-order chi connectivity index (χ1) is 6.99. The van der Waals surface area contributed by atoms with Gasteiger partial charge in [0.2, 0.25) is 0 Å². The van der Waals surface area contributed by atoms with E-state index in [1.54, 1.807) is 0 Å². The summed E-state index contributed by atoms with van der Waals surface area (Å²) in [5, 5.41) is 9.61. The van der Waals surface area contributed by atoms with E-state index < -0.39 is 0 Å². The highest BCUT2D eigenvalue weighted by atomic mass is 16.1.